The number of rotatable bonds is 0. The third kappa shape index (κ3) is 3.84. The average Bonchev–Trinajstić information content (AvgIpc) is 2.34. The zero-order chi connectivity index (χ0) is 12.7. The van der Waals surface area contributed by atoms with E-state index in [1.807, 2.05) is 6.07 Å². The Morgan fingerprint density at radius 1 is 0.882 bits per heavy atom. The van der Waals surface area contributed by atoms with Crippen LogP contribution in [-0.4, -0.2) is 0 Å². The molecule has 4 heteroatoms. The quantitative estimate of drug-likeness (QED) is 0.681. The summed E-state index contributed by atoms with van der Waals surface area (Å²) in [6, 6.07) is 15.1. The summed E-state index contributed by atoms with van der Waals surface area (Å²) in [7, 11) is 0. The number of hydrogen-bond acceptors (Lipinski definition) is 3. The van der Waals surface area contributed by atoms with Crippen molar-refractivity contribution in [2.45, 2.75) is 0 Å². The van der Waals surface area contributed by atoms with E-state index in [0.717, 1.165) is 0 Å². The molecule has 86 valence electrons. The van der Waals surface area contributed by atoms with Gasteiger partial charge in [-0.05, 0) is 24.3 Å². The largest absolute Gasteiger partial charge is 0.398 e. The monoisotopic (exact) mass is 229 g/mol. The molecule has 4 N–H and O–H groups in total. The van der Waals surface area contributed by atoms with E-state index in [2.05, 4.69) is 0 Å². The number of nitrogens with two attached hydrogens (primary N) is 2. The highest BCUT2D eigenvalue weighted by atomic mass is 19.1. The number of benzene rings is 2. The molecule has 2 aromatic rings. The van der Waals surface area contributed by atoms with Crippen LogP contribution in [0.1, 0.15) is 5.56 Å². The lowest BCUT2D eigenvalue weighted by Gasteiger charge is -1.91. The van der Waals surface area contributed by atoms with Gasteiger partial charge in [-0.3, -0.25) is 0 Å². The molecule has 0 heterocycles. The molecule has 0 atom stereocenters. The highest BCUT2D eigenvalue weighted by molar-refractivity contribution is 5.53. The Morgan fingerprint density at radius 3 is 1.76 bits per heavy atom. The minimum atomic E-state index is -0.354. The number of para-hydroxylation sites is 2. The molecule has 2 aromatic carbocycles. The van der Waals surface area contributed by atoms with Crippen LogP contribution >= 0.6 is 0 Å². The van der Waals surface area contributed by atoms with E-state index in [9.17, 15) is 4.39 Å². The van der Waals surface area contributed by atoms with Crippen LogP contribution in [0.3, 0.4) is 0 Å². The molecule has 2 rings (SSSR count). The van der Waals surface area contributed by atoms with Crippen LogP contribution in [0.4, 0.5) is 15.8 Å². The van der Waals surface area contributed by atoms with E-state index >= 15 is 0 Å². The first-order valence-electron chi connectivity index (χ1n) is 4.89. The van der Waals surface area contributed by atoms with Crippen LogP contribution in [0.15, 0.2) is 48.5 Å². The number of nitrogen functional groups attached to an aromatic ring is 2. The molecule has 17 heavy (non-hydrogen) atoms. The van der Waals surface area contributed by atoms with E-state index in [0.29, 0.717) is 11.3 Å². The number of nitrogens with zero attached hydrogens (tertiary/aromatic N) is 1. The van der Waals surface area contributed by atoms with E-state index < -0.39 is 0 Å². The first-order chi connectivity index (χ1) is 8.15. The molecule has 0 aliphatic heterocycles. The van der Waals surface area contributed by atoms with Gasteiger partial charge in [-0.1, -0.05) is 24.3 Å². The molecule has 0 aromatic heterocycles. The van der Waals surface area contributed by atoms with E-state index in [4.69, 9.17) is 16.7 Å². The van der Waals surface area contributed by atoms with Gasteiger partial charge in [0.25, 0.3) is 0 Å². The Balaban J connectivity index is 0.000000171. The summed E-state index contributed by atoms with van der Waals surface area (Å²) < 4.78 is 12.2. The van der Waals surface area contributed by atoms with Crippen molar-refractivity contribution in [2.75, 3.05) is 11.5 Å². The summed E-state index contributed by atoms with van der Waals surface area (Å²) in [6.07, 6.45) is 0. The van der Waals surface area contributed by atoms with E-state index in [1.165, 1.54) is 12.1 Å². The molecule has 0 fully saturated rings. The minimum Gasteiger partial charge on any atom is -0.398 e. The lowest BCUT2D eigenvalue weighted by molar-refractivity contribution is 0.632. The number of anilines is 2. The second-order valence-electron chi connectivity index (χ2n) is 3.22. The van der Waals surface area contributed by atoms with Crippen LogP contribution in [0.2, 0.25) is 0 Å². The standard InChI is InChI=1S/C7H6N2.C6H6FN/c8-5-6-3-1-2-4-7(6)9;7-5-3-1-2-4-6(5)8/h1-4H,9H2;1-4H,8H2. The molecule has 3 nitrogen and oxygen atoms in total. The summed E-state index contributed by atoms with van der Waals surface area (Å²) in [5.41, 5.74) is 11.8. The Labute approximate surface area is 99.1 Å². The summed E-state index contributed by atoms with van der Waals surface area (Å²) in [5, 5.41) is 8.39. The fourth-order valence-electron chi connectivity index (χ4n) is 1.07. The van der Waals surface area contributed by atoms with Crippen molar-refractivity contribution in [2.24, 2.45) is 0 Å². The predicted molar refractivity (Wildman–Crippen MR) is 66.4 cm³/mol. The minimum absolute atomic E-state index is 0.201. The van der Waals surface area contributed by atoms with Crippen LogP contribution in [0.25, 0.3) is 0 Å². The Bertz CT molecular complexity index is 511. The van der Waals surface area contributed by atoms with Crippen molar-refractivity contribution in [1.29, 1.82) is 5.26 Å². The lowest BCUT2D eigenvalue weighted by Crippen LogP contribution is -1.87. The summed E-state index contributed by atoms with van der Waals surface area (Å²) in [4.78, 5) is 0. The van der Waals surface area contributed by atoms with Crippen molar-refractivity contribution in [3.8, 4) is 6.07 Å². The predicted octanol–water partition coefficient (Wildman–Crippen LogP) is 2.55. The molecule has 0 aliphatic carbocycles. The first-order valence-corrected chi connectivity index (χ1v) is 4.89. The smallest absolute Gasteiger partial charge is 0.146 e. The molecule has 0 saturated carbocycles. The first kappa shape index (κ1) is 12.5. The third-order valence-corrected chi connectivity index (χ3v) is 1.99. The van der Waals surface area contributed by atoms with Gasteiger partial charge >= 0.3 is 0 Å². The van der Waals surface area contributed by atoms with Crippen molar-refractivity contribution in [3.63, 3.8) is 0 Å². The van der Waals surface area contributed by atoms with Crippen LogP contribution in [-0.2, 0) is 0 Å². The number of halogens is 1. The summed E-state index contributed by atoms with van der Waals surface area (Å²) in [5.74, 6) is -0.354. The molecule has 0 saturated heterocycles. The highest BCUT2D eigenvalue weighted by Crippen LogP contribution is 2.07. The molecule has 0 aliphatic rings. The zero-order valence-corrected chi connectivity index (χ0v) is 9.10. The van der Waals surface area contributed by atoms with E-state index in [-0.39, 0.29) is 11.5 Å². The van der Waals surface area contributed by atoms with Gasteiger partial charge in [0.1, 0.15) is 11.9 Å². The Hall–Kier alpha value is -2.54. The Morgan fingerprint density at radius 2 is 1.41 bits per heavy atom. The van der Waals surface area contributed by atoms with Gasteiger partial charge in [-0.25, -0.2) is 4.39 Å². The molecule has 0 unspecified atom stereocenters. The zero-order valence-electron chi connectivity index (χ0n) is 9.10. The number of nitriles is 1. The molecular weight excluding hydrogens is 217 g/mol. The SMILES string of the molecule is N#Cc1ccccc1N.Nc1ccccc1F. The Kier molecular flexibility index (Phi) is 4.52. The molecular formula is C13H12FN3. The lowest BCUT2D eigenvalue weighted by atomic mass is 10.2. The normalized spacial score (nSPS) is 8.71. The van der Waals surface area contributed by atoms with Gasteiger partial charge in [0, 0.05) is 5.69 Å². The van der Waals surface area contributed by atoms with Crippen molar-refractivity contribution >= 4 is 11.4 Å². The van der Waals surface area contributed by atoms with Gasteiger partial charge in [0.2, 0.25) is 0 Å². The van der Waals surface area contributed by atoms with Gasteiger partial charge in [-0.15, -0.1) is 0 Å². The second kappa shape index (κ2) is 6.13. The molecule has 0 radical (unpaired) electrons. The van der Waals surface area contributed by atoms with Crippen LogP contribution in [0, 0.1) is 17.1 Å². The molecule has 0 amide bonds. The fourth-order valence-corrected chi connectivity index (χ4v) is 1.07. The van der Waals surface area contributed by atoms with Crippen LogP contribution < -0.4 is 11.5 Å². The topological polar surface area (TPSA) is 75.8 Å². The summed E-state index contributed by atoms with van der Waals surface area (Å²) >= 11 is 0. The van der Waals surface area contributed by atoms with Crippen molar-refractivity contribution < 1.29 is 4.39 Å². The van der Waals surface area contributed by atoms with Crippen LogP contribution in [0.5, 0.6) is 0 Å². The van der Waals surface area contributed by atoms with Gasteiger partial charge in [0.05, 0.1) is 11.3 Å². The molecule has 0 spiro atoms. The second-order valence-corrected chi connectivity index (χ2v) is 3.22. The van der Waals surface area contributed by atoms with Gasteiger partial charge in [-0.2, -0.15) is 5.26 Å². The maximum Gasteiger partial charge on any atom is 0.146 e. The maximum absolute atomic E-state index is 12.2. The number of hydrogen-bond donors (Lipinski definition) is 2. The summed E-state index contributed by atoms with van der Waals surface area (Å²) in [6.45, 7) is 0. The average molecular weight is 229 g/mol. The van der Waals surface area contributed by atoms with Crippen molar-refractivity contribution in [1.82, 2.24) is 0 Å². The fraction of sp³-hybridized carbons (Fsp3) is 0. The van der Waals surface area contributed by atoms with E-state index in [1.54, 1.807) is 36.4 Å². The van der Waals surface area contributed by atoms with Gasteiger partial charge < -0.3 is 11.5 Å². The van der Waals surface area contributed by atoms with Crippen molar-refractivity contribution in [3.05, 3.63) is 59.9 Å². The highest BCUT2D eigenvalue weighted by Gasteiger charge is 1.91. The maximum atomic E-state index is 12.2. The third-order valence-electron chi connectivity index (χ3n) is 1.99. The van der Waals surface area contributed by atoms with Gasteiger partial charge in [0.15, 0.2) is 0 Å². The molecule has 0 bridgehead atoms.